The molecule has 1 saturated carbocycles. The van der Waals surface area contributed by atoms with Crippen molar-refractivity contribution in [3.63, 3.8) is 0 Å². The molecule has 0 aromatic carbocycles. The van der Waals surface area contributed by atoms with Crippen molar-refractivity contribution in [3.8, 4) is 0 Å². The third-order valence-electron chi connectivity index (χ3n) is 3.66. The van der Waals surface area contributed by atoms with Crippen LogP contribution in [0.3, 0.4) is 0 Å². The van der Waals surface area contributed by atoms with Crippen molar-refractivity contribution in [2.45, 2.75) is 39.0 Å². The van der Waals surface area contributed by atoms with Crippen LogP contribution in [0.1, 0.15) is 39.0 Å². The van der Waals surface area contributed by atoms with Crippen molar-refractivity contribution in [2.75, 3.05) is 0 Å². The van der Waals surface area contributed by atoms with Crippen LogP contribution in [0.15, 0.2) is 36.0 Å². The molecule has 0 heteroatoms. The smallest absolute Gasteiger partial charge is 0.0160 e. The molecule has 0 nitrogen and oxygen atoms in total. The molecule has 0 aromatic rings. The molecule has 0 amide bonds. The van der Waals surface area contributed by atoms with Crippen LogP contribution in [0, 0.1) is 11.8 Å². The van der Waals surface area contributed by atoms with Crippen molar-refractivity contribution < 1.29 is 0 Å². The van der Waals surface area contributed by atoms with E-state index in [1.165, 1.54) is 25.7 Å². The Balaban J connectivity index is 2.02. The highest BCUT2D eigenvalue weighted by atomic mass is 14.3. The highest BCUT2D eigenvalue weighted by Crippen LogP contribution is 2.35. The maximum absolute atomic E-state index is 2.40. The maximum Gasteiger partial charge on any atom is -0.0160 e. The highest BCUT2D eigenvalue weighted by Gasteiger charge is 2.22. The van der Waals surface area contributed by atoms with E-state index in [-0.39, 0.29) is 0 Å². The summed E-state index contributed by atoms with van der Waals surface area (Å²) in [7, 11) is 0. The van der Waals surface area contributed by atoms with Gasteiger partial charge in [0.15, 0.2) is 0 Å². The van der Waals surface area contributed by atoms with Crippen molar-refractivity contribution >= 4 is 0 Å². The fourth-order valence-electron chi connectivity index (χ4n) is 2.66. The van der Waals surface area contributed by atoms with Crippen LogP contribution in [0.2, 0.25) is 0 Å². The van der Waals surface area contributed by atoms with Gasteiger partial charge in [0.05, 0.1) is 0 Å². The van der Waals surface area contributed by atoms with Gasteiger partial charge in [-0.05, 0) is 36.7 Å². The molecule has 0 spiro atoms. The molecule has 2 aliphatic rings. The maximum atomic E-state index is 2.40. The minimum absolute atomic E-state index is 0.772. The van der Waals surface area contributed by atoms with E-state index in [4.69, 9.17) is 0 Å². The molecular weight excluding hydrogens is 168 g/mol. The van der Waals surface area contributed by atoms with Gasteiger partial charge in [-0.3, -0.25) is 0 Å². The van der Waals surface area contributed by atoms with Gasteiger partial charge in [0.2, 0.25) is 0 Å². The summed E-state index contributed by atoms with van der Waals surface area (Å²) in [4.78, 5) is 0. The zero-order valence-electron chi connectivity index (χ0n) is 9.08. The molecule has 0 heterocycles. The van der Waals surface area contributed by atoms with Crippen LogP contribution >= 0.6 is 0 Å². The summed E-state index contributed by atoms with van der Waals surface area (Å²) in [6.45, 7) is 2.40. The van der Waals surface area contributed by atoms with Gasteiger partial charge in [0, 0.05) is 0 Å². The SMILES string of the molecule is CC(C1=CCC=CC=C1)C1CCCC1. The van der Waals surface area contributed by atoms with Crippen LogP contribution in [0.25, 0.3) is 0 Å². The van der Waals surface area contributed by atoms with Gasteiger partial charge in [0.25, 0.3) is 0 Å². The molecule has 0 radical (unpaired) electrons. The summed E-state index contributed by atoms with van der Waals surface area (Å²) in [5.74, 6) is 1.72. The molecule has 14 heavy (non-hydrogen) atoms. The van der Waals surface area contributed by atoms with Gasteiger partial charge in [-0.25, -0.2) is 0 Å². The van der Waals surface area contributed by atoms with E-state index in [1.54, 1.807) is 5.57 Å². The van der Waals surface area contributed by atoms with Crippen LogP contribution in [0.4, 0.5) is 0 Å². The first-order chi connectivity index (χ1) is 6.88. The fraction of sp³-hybridized carbons (Fsp3) is 0.571. The van der Waals surface area contributed by atoms with Crippen LogP contribution in [0.5, 0.6) is 0 Å². The van der Waals surface area contributed by atoms with E-state index in [0.29, 0.717) is 0 Å². The Hall–Kier alpha value is -0.780. The molecule has 0 aromatic heterocycles. The summed E-state index contributed by atoms with van der Waals surface area (Å²) in [5, 5.41) is 0. The molecule has 76 valence electrons. The average Bonchev–Trinajstić information content (AvgIpc) is 2.59. The quantitative estimate of drug-likeness (QED) is 0.607. The van der Waals surface area contributed by atoms with Crippen molar-refractivity contribution in [1.29, 1.82) is 0 Å². The Labute approximate surface area is 87.4 Å². The molecule has 1 atom stereocenters. The largest absolute Gasteiger partial charge is 0.0807 e. The topological polar surface area (TPSA) is 0 Å². The van der Waals surface area contributed by atoms with Crippen LogP contribution in [-0.2, 0) is 0 Å². The normalized spacial score (nSPS) is 24.8. The predicted molar refractivity (Wildman–Crippen MR) is 62.1 cm³/mol. The van der Waals surface area contributed by atoms with Gasteiger partial charge in [0.1, 0.15) is 0 Å². The third-order valence-corrected chi connectivity index (χ3v) is 3.66. The number of hydrogen-bond acceptors (Lipinski definition) is 0. The van der Waals surface area contributed by atoms with E-state index >= 15 is 0 Å². The Kier molecular flexibility index (Phi) is 3.23. The Morgan fingerprint density at radius 2 is 2.00 bits per heavy atom. The lowest BCUT2D eigenvalue weighted by molar-refractivity contribution is 0.421. The molecular formula is C14H20. The first kappa shape index (κ1) is 9.76. The van der Waals surface area contributed by atoms with Gasteiger partial charge in [-0.2, -0.15) is 0 Å². The molecule has 0 bridgehead atoms. The molecule has 0 N–H and O–H groups in total. The Bertz CT molecular complexity index is 262. The molecule has 0 saturated heterocycles. The number of hydrogen-bond donors (Lipinski definition) is 0. The lowest BCUT2D eigenvalue weighted by atomic mass is 9.85. The second-order valence-electron chi connectivity index (χ2n) is 4.56. The lowest BCUT2D eigenvalue weighted by Crippen LogP contribution is -2.09. The first-order valence-electron chi connectivity index (χ1n) is 5.91. The van der Waals surface area contributed by atoms with Gasteiger partial charge in [-0.15, -0.1) is 0 Å². The van der Waals surface area contributed by atoms with E-state index in [9.17, 15) is 0 Å². The minimum Gasteiger partial charge on any atom is -0.0807 e. The van der Waals surface area contributed by atoms with Crippen LogP contribution in [-0.4, -0.2) is 0 Å². The fourth-order valence-corrected chi connectivity index (χ4v) is 2.66. The van der Waals surface area contributed by atoms with Gasteiger partial charge in [-0.1, -0.05) is 50.1 Å². The monoisotopic (exact) mass is 188 g/mol. The van der Waals surface area contributed by atoms with E-state index < -0.39 is 0 Å². The molecule has 2 aliphatic carbocycles. The molecule has 1 fully saturated rings. The molecule has 2 rings (SSSR count). The molecule has 0 aliphatic heterocycles. The molecule has 1 unspecified atom stereocenters. The van der Waals surface area contributed by atoms with Crippen molar-refractivity contribution in [1.82, 2.24) is 0 Å². The summed E-state index contributed by atoms with van der Waals surface area (Å²) >= 11 is 0. The van der Waals surface area contributed by atoms with E-state index in [2.05, 4.69) is 37.3 Å². The van der Waals surface area contributed by atoms with Crippen LogP contribution < -0.4 is 0 Å². The Morgan fingerprint density at radius 1 is 1.21 bits per heavy atom. The van der Waals surface area contributed by atoms with Gasteiger partial charge < -0.3 is 0 Å². The second-order valence-corrected chi connectivity index (χ2v) is 4.56. The summed E-state index contributed by atoms with van der Waals surface area (Å²) in [5.41, 5.74) is 1.56. The van der Waals surface area contributed by atoms with Crippen molar-refractivity contribution in [3.05, 3.63) is 36.0 Å². The van der Waals surface area contributed by atoms with E-state index in [1.807, 2.05) is 0 Å². The predicted octanol–water partition coefficient (Wildman–Crippen LogP) is 4.26. The standard InChI is InChI=1S/C14H20/c1-12(14-10-6-7-11-14)13-8-4-2-3-5-9-13/h2-4,8-9,12,14H,5-7,10-11H2,1H3. The first-order valence-corrected chi connectivity index (χ1v) is 5.91. The average molecular weight is 188 g/mol. The second kappa shape index (κ2) is 4.63. The van der Waals surface area contributed by atoms with E-state index in [0.717, 1.165) is 18.3 Å². The summed E-state index contributed by atoms with van der Waals surface area (Å²) in [6, 6.07) is 0. The Morgan fingerprint density at radius 3 is 2.79 bits per heavy atom. The number of allylic oxidation sites excluding steroid dienone is 6. The lowest BCUT2D eigenvalue weighted by Gasteiger charge is -2.19. The minimum atomic E-state index is 0.772. The van der Waals surface area contributed by atoms with Crippen molar-refractivity contribution in [2.24, 2.45) is 11.8 Å². The van der Waals surface area contributed by atoms with Gasteiger partial charge >= 0.3 is 0 Å². The third kappa shape index (κ3) is 2.17. The summed E-state index contributed by atoms with van der Waals surface area (Å²) < 4.78 is 0. The zero-order valence-corrected chi connectivity index (χ0v) is 9.08. The zero-order chi connectivity index (χ0) is 9.80. The highest BCUT2D eigenvalue weighted by molar-refractivity contribution is 5.28. The summed E-state index contributed by atoms with van der Waals surface area (Å²) in [6.07, 6.45) is 18.2. The number of rotatable bonds is 2.